The lowest BCUT2D eigenvalue weighted by molar-refractivity contribution is 0.135. The Morgan fingerprint density at radius 1 is 1.14 bits per heavy atom. The fourth-order valence-electron chi connectivity index (χ4n) is 4.27. The zero-order chi connectivity index (χ0) is 14.7. The Morgan fingerprint density at radius 2 is 1.81 bits per heavy atom. The first-order valence-corrected chi connectivity index (χ1v) is 8.81. The second kappa shape index (κ2) is 6.93. The van der Waals surface area contributed by atoms with Crippen LogP contribution in [-0.4, -0.2) is 36.1 Å². The topological polar surface area (TPSA) is 15.3 Å². The third-order valence-corrected chi connectivity index (χ3v) is 5.35. The van der Waals surface area contributed by atoms with E-state index in [-0.39, 0.29) is 0 Å². The second-order valence-electron chi connectivity index (χ2n) is 7.07. The molecular weight excluding hydrogens is 256 g/mol. The fraction of sp³-hybridized carbons (Fsp3) is 0.684. The Hall–Kier alpha value is -0.860. The first-order chi connectivity index (χ1) is 10.3. The highest BCUT2D eigenvalue weighted by Crippen LogP contribution is 2.31. The van der Waals surface area contributed by atoms with Crippen LogP contribution in [0.5, 0.6) is 0 Å². The second-order valence-corrected chi connectivity index (χ2v) is 7.07. The van der Waals surface area contributed by atoms with Crippen LogP contribution in [0.4, 0.5) is 0 Å². The van der Waals surface area contributed by atoms with Crippen LogP contribution in [0.3, 0.4) is 0 Å². The van der Waals surface area contributed by atoms with Crippen molar-refractivity contribution in [2.75, 3.05) is 13.1 Å². The highest BCUT2D eigenvalue weighted by atomic mass is 15.2. The molecule has 116 valence electrons. The van der Waals surface area contributed by atoms with Gasteiger partial charge in [-0.15, -0.1) is 0 Å². The van der Waals surface area contributed by atoms with Crippen molar-refractivity contribution in [1.29, 1.82) is 0 Å². The molecule has 0 radical (unpaired) electrons. The van der Waals surface area contributed by atoms with Crippen LogP contribution in [0, 0.1) is 0 Å². The van der Waals surface area contributed by atoms with Crippen molar-refractivity contribution in [3.05, 3.63) is 35.9 Å². The number of rotatable bonds is 6. The molecule has 2 bridgehead atoms. The molecule has 21 heavy (non-hydrogen) atoms. The van der Waals surface area contributed by atoms with Crippen LogP contribution in [0.1, 0.15) is 57.4 Å². The van der Waals surface area contributed by atoms with Gasteiger partial charge >= 0.3 is 0 Å². The lowest BCUT2D eigenvalue weighted by Crippen LogP contribution is -2.49. The number of hydrogen-bond acceptors (Lipinski definition) is 2. The normalized spacial score (nSPS) is 29.8. The van der Waals surface area contributed by atoms with E-state index in [1.54, 1.807) is 0 Å². The van der Waals surface area contributed by atoms with Gasteiger partial charge in [0.1, 0.15) is 0 Å². The summed E-state index contributed by atoms with van der Waals surface area (Å²) in [6.07, 6.45) is 6.78. The molecule has 0 saturated carbocycles. The molecule has 1 aromatic rings. The van der Waals surface area contributed by atoms with Gasteiger partial charge in [0, 0.05) is 24.7 Å². The predicted molar refractivity (Wildman–Crippen MR) is 89.7 cm³/mol. The molecule has 3 rings (SSSR count). The number of fused-ring (bicyclic) bond motifs is 2. The number of nitrogens with one attached hydrogen (secondary N) is 1. The highest BCUT2D eigenvalue weighted by molar-refractivity contribution is 5.19. The molecule has 1 N–H and O–H groups in total. The first kappa shape index (κ1) is 15.1. The van der Waals surface area contributed by atoms with Gasteiger partial charge in [0.2, 0.25) is 0 Å². The van der Waals surface area contributed by atoms with E-state index >= 15 is 0 Å². The van der Waals surface area contributed by atoms with Crippen LogP contribution in [0.25, 0.3) is 0 Å². The summed E-state index contributed by atoms with van der Waals surface area (Å²) in [6.45, 7) is 7.16. The summed E-state index contributed by atoms with van der Waals surface area (Å²) in [4.78, 5) is 2.78. The Balaban J connectivity index is 1.64. The smallest absolute Gasteiger partial charge is 0.0125 e. The van der Waals surface area contributed by atoms with E-state index in [0.717, 1.165) is 18.1 Å². The van der Waals surface area contributed by atoms with Gasteiger partial charge in [-0.3, -0.25) is 4.90 Å². The van der Waals surface area contributed by atoms with Gasteiger partial charge in [0.05, 0.1) is 0 Å². The molecule has 0 amide bonds. The average molecular weight is 286 g/mol. The Morgan fingerprint density at radius 3 is 2.43 bits per heavy atom. The van der Waals surface area contributed by atoms with Crippen molar-refractivity contribution in [3.8, 4) is 0 Å². The van der Waals surface area contributed by atoms with E-state index in [1.165, 1.54) is 50.8 Å². The Bertz CT molecular complexity index is 418. The summed E-state index contributed by atoms with van der Waals surface area (Å²) in [7, 11) is 0. The molecule has 2 fully saturated rings. The molecule has 2 aliphatic rings. The Labute approximate surface area is 129 Å². The van der Waals surface area contributed by atoms with Crippen molar-refractivity contribution in [1.82, 2.24) is 10.2 Å². The SMILES string of the molecule is CCCN(CC(C)c1ccccc1)C1CC2CCC(C1)N2. The molecule has 2 heteroatoms. The van der Waals surface area contributed by atoms with Crippen molar-refractivity contribution in [2.45, 2.75) is 70.0 Å². The van der Waals surface area contributed by atoms with Gasteiger partial charge in [0.15, 0.2) is 0 Å². The van der Waals surface area contributed by atoms with Gasteiger partial charge in [0.25, 0.3) is 0 Å². The molecule has 2 heterocycles. The van der Waals surface area contributed by atoms with Gasteiger partial charge in [-0.25, -0.2) is 0 Å². The first-order valence-electron chi connectivity index (χ1n) is 8.81. The van der Waals surface area contributed by atoms with E-state index in [2.05, 4.69) is 54.4 Å². The molecule has 0 spiro atoms. The molecule has 0 aliphatic carbocycles. The largest absolute Gasteiger partial charge is 0.311 e. The lowest BCUT2D eigenvalue weighted by atomic mass is 9.95. The molecule has 2 aliphatic heterocycles. The molecule has 1 aromatic carbocycles. The summed E-state index contributed by atoms with van der Waals surface area (Å²) in [5.41, 5.74) is 1.48. The lowest BCUT2D eigenvalue weighted by Gasteiger charge is -2.39. The van der Waals surface area contributed by atoms with Crippen molar-refractivity contribution in [3.63, 3.8) is 0 Å². The van der Waals surface area contributed by atoms with E-state index in [0.29, 0.717) is 5.92 Å². The summed E-state index contributed by atoms with van der Waals surface area (Å²) < 4.78 is 0. The minimum atomic E-state index is 0.630. The monoisotopic (exact) mass is 286 g/mol. The number of benzene rings is 1. The van der Waals surface area contributed by atoms with E-state index in [1.807, 2.05) is 0 Å². The van der Waals surface area contributed by atoms with Crippen LogP contribution in [0.2, 0.25) is 0 Å². The third kappa shape index (κ3) is 3.67. The molecule has 2 nitrogen and oxygen atoms in total. The zero-order valence-electron chi connectivity index (χ0n) is 13.6. The van der Waals surface area contributed by atoms with Crippen molar-refractivity contribution in [2.24, 2.45) is 0 Å². The summed E-state index contributed by atoms with van der Waals surface area (Å²) in [6, 6.07) is 13.4. The molecule has 2 saturated heterocycles. The number of hydrogen-bond donors (Lipinski definition) is 1. The van der Waals surface area contributed by atoms with E-state index in [4.69, 9.17) is 0 Å². The van der Waals surface area contributed by atoms with Gasteiger partial charge in [-0.1, -0.05) is 44.2 Å². The van der Waals surface area contributed by atoms with Crippen molar-refractivity contribution < 1.29 is 0 Å². The summed E-state index contributed by atoms with van der Waals surface area (Å²) >= 11 is 0. The molecule has 0 aromatic heterocycles. The maximum atomic E-state index is 3.78. The van der Waals surface area contributed by atoms with Gasteiger partial charge < -0.3 is 5.32 Å². The van der Waals surface area contributed by atoms with Gasteiger partial charge in [-0.05, 0) is 50.1 Å². The third-order valence-electron chi connectivity index (χ3n) is 5.35. The van der Waals surface area contributed by atoms with E-state index < -0.39 is 0 Å². The predicted octanol–water partition coefficient (Wildman–Crippen LogP) is 3.79. The number of nitrogens with zero attached hydrogens (tertiary/aromatic N) is 1. The minimum Gasteiger partial charge on any atom is -0.311 e. The van der Waals surface area contributed by atoms with Crippen LogP contribution >= 0.6 is 0 Å². The Kier molecular flexibility index (Phi) is 4.97. The summed E-state index contributed by atoms with van der Waals surface area (Å²) in [5.74, 6) is 0.630. The molecule has 3 atom stereocenters. The standard InChI is InChI=1S/C19H30N2/c1-3-11-21(14-15(2)16-7-5-4-6-8-16)19-12-17-9-10-18(13-19)20-17/h4-8,15,17-20H,3,9-14H2,1-2H3. The zero-order valence-corrected chi connectivity index (χ0v) is 13.6. The minimum absolute atomic E-state index is 0.630. The summed E-state index contributed by atoms with van der Waals surface area (Å²) in [5, 5.41) is 3.78. The molecular formula is C19H30N2. The quantitative estimate of drug-likeness (QED) is 0.856. The maximum absolute atomic E-state index is 3.78. The van der Waals surface area contributed by atoms with E-state index in [9.17, 15) is 0 Å². The van der Waals surface area contributed by atoms with Gasteiger partial charge in [-0.2, -0.15) is 0 Å². The number of piperidine rings is 1. The van der Waals surface area contributed by atoms with Crippen molar-refractivity contribution >= 4 is 0 Å². The van der Waals surface area contributed by atoms with Crippen LogP contribution in [0.15, 0.2) is 30.3 Å². The van der Waals surface area contributed by atoms with Crippen LogP contribution in [-0.2, 0) is 0 Å². The maximum Gasteiger partial charge on any atom is 0.0125 e. The highest BCUT2D eigenvalue weighted by Gasteiger charge is 2.36. The fourth-order valence-corrected chi connectivity index (χ4v) is 4.27. The van der Waals surface area contributed by atoms with Crippen LogP contribution < -0.4 is 5.32 Å². The molecule has 3 unspecified atom stereocenters. The average Bonchev–Trinajstić information content (AvgIpc) is 2.86.